The van der Waals surface area contributed by atoms with E-state index in [1.165, 1.54) is 7.11 Å². The number of methoxy groups -OCH3 is 1. The van der Waals surface area contributed by atoms with Crippen LogP contribution in [0, 0.1) is 5.92 Å². The van der Waals surface area contributed by atoms with Crippen LogP contribution in [0.4, 0.5) is 0 Å². The van der Waals surface area contributed by atoms with Crippen LogP contribution in [-0.4, -0.2) is 36.0 Å². The average molecular weight is 197 g/mol. The van der Waals surface area contributed by atoms with Crippen molar-refractivity contribution in [2.75, 3.05) is 7.11 Å². The minimum absolute atomic E-state index is 0.130. The Kier molecular flexibility index (Phi) is 2.21. The van der Waals surface area contributed by atoms with Gasteiger partial charge >= 0.3 is 5.97 Å². The number of β-lactam (4-membered cyclic amide) rings is 1. The molecule has 4 nitrogen and oxygen atoms in total. The van der Waals surface area contributed by atoms with E-state index < -0.39 is 0 Å². The number of hydrogen-bond acceptors (Lipinski definition) is 3. The third-order valence-electron chi connectivity index (χ3n) is 3.38. The molecule has 1 amide bonds. The Labute approximate surface area is 83.2 Å². The minimum Gasteiger partial charge on any atom is -0.467 e. The van der Waals surface area contributed by atoms with E-state index in [9.17, 15) is 9.59 Å². The van der Waals surface area contributed by atoms with E-state index in [1.54, 1.807) is 4.90 Å². The van der Waals surface area contributed by atoms with Crippen LogP contribution < -0.4 is 0 Å². The van der Waals surface area contributed by atoms with Crippen molar-refractivity contribution in [1.29, 1.82) is 0 Å². The first-order valence-corrected chi connectivity index (χ1v) is 5.10. The van der Waals surface area contributed by atoms with Crippen LogP contribution in [0.2, 0.25) is 0 Å². The van der Waals surface area contributed by atoms with Crippen molar-refractivity contribution in [2.24, 2.45) is 5.92 Å². The van der Waals surface area contributed by atoms with E-state index >= 15 is 0 Å². The molecule has 2 heterocycles. The van der Waals surface area contributed by atoms with E-state index in [-0.39, 0.29) is 23.8 Å². The average Bonchev–Trinajstić information content (AvgIpc) is 2.57. The fraction of sp³-hybridized carbons (Fsp3) is 0.800. The molecule has 0 aliphatic carbocycles. The molecule has 0 N–H and O–H groups in total. The molecule has 4 heteroatoms. The normalized spacial score (nSPS) is 35.1. The number of carbonyl (C=O) groups excluding carboxylic acids is 2. The van der Waals surface area contributed by atoms with Gasteiger partial charge in [-0.05, 0) is 19.3 Å². The molecule has 0 bridgehead atoms. The number of ether oxygens (including phenoxy) is 1. The number of hydrogen-bond donors (Lipinski definition) is 0. The predicted octanol–water partition coefficient (Wildman–Crippen LogP) is 0.559. The Bertz CT molecular complexity index is 277. The number of nitrogens with zero attached hydrogens (tertiary/aromatic N) is 1. The predicted molar refractivity (Wildman–Crippen MR) is 49.5 cm³/mol. The molecule has 14 heavy (non-hydrogen) atoms. The lowest BCUT2D eigenvalue weighted by molar-refractivity contribution is -0.165. The van der Waals surface area contributed by atoms with Gasteiger partial charge in [0, 0.05) is 6.04 Å². The molecule has 0 aromatic carbocycles. The second kappa shape index (κ2) is 3.26. The quantitative estimate of drug-likeness (QED) is 0.480. The largest absolute Gasteiger partial charge is 0.467 e. The molecule has 0 aromatic rings. The monoisotopic (exact) mass is 197 g/mol. The summed E-state index contributed by atoms with van der Waals surface area (Å²) in [6.07, 6.45) is 2.59. The maximum absolute atomic E-state index is 11.6. The van der Waals surface area contributed by atoms with Crippen molar-refractivity contribution < 1.29 is 14.3 Å². The number of esters is 1. The maximum atomic E-state index is 11.6. The second-order valence-corrected chi connectivity index (χ2v) is 3.94. The van der Waals surface area contributed by atoms with Crippen LogP contribution in [0.5, 0.6) is 0 Å². The first kappa shape index (κ1) is 9.49. The number of carbonyl (C=O) groups is 2. The van der Waals surface area contributed by atoms with Crippen LogP contribution in [0.25, 0.3) is 0 Å². The number of rotatable bonds is 2. The highest BCUT2D eigenvalue weighted by Crippen LogP contribution is 2.41. The molecule has 0 spiro atoms. The highest BCUT2D eigenvalue weighted by molar-refractivity contribution is 5.92. The SMILES string of the molecule is CC[C@H]1C(=O)N2[C@@H](C(=O)OC)CC[C@H]12. The summed E-state index contributed by atoms with van der Waals surface area (Å²) in [5, 5.41) is 0. The lowest BCUT2D eigenvalue weighted by Crippen LogP contribution is -2.61. The van der Waals surface area contributed by atoms with Gasteiger partial charge in [0.15, 0.2) is 0 Å². The molecule has 0 radical (unpaired) electrons. The molecule has 2 aliphatic rings. The topological polar surface area (TPSA) is 46.6 Å². The summed E-state index contributed by atoms with van der Waals surface area (Å²) in [6, 6.07) is -0.00287. The standard InChI is InChI=1S/C10H15NO3/c1-3-6-7-4-5-8(10(13)14-2)11(7)9(6)12/h6-8H,3-5H2,1-2H3/t6-,7-,8-/m1/s1. The molecular weight excluding hydrogens is 182 g/mol. The zero-order valence-corrected chi connectivity index (χ0v) is 8.53. The fourth-order valence-corrected chi connectivity index (χ4v) is 2.64. The van der Waals surface area contributed by atoms with E-state index in [0.29, 0.717) is 6.04 Å². The van der Waals surface area contributed by atoms with Gasteiger partial charge in [-0.1, -0.05) is 6.92 Å². The molecular formula is C10H15NO3. The van der Waals surface area contributed by atoms with Gasteiger partial charge in [-0.15, -0.1) is 0 Å². The minimum atomic E-state index is -0.305. The maximum Gasteiger partial charge on any atom is 0.328 e. The highest BCUT2D eigenvalue weighted by atomic mass is 16.5. The highest BCUT2D eigenvalue weighted by Gasteiger charge is 2.55. The van der Waals surface area contributed by atoms with E-state index in [1.807, 2.05) is 6.92 Å². The number of fused-ring (bicyclic) bond motifs is 1. The zero-order valence-electron chi connectivity index (χ0n) is 8.53. The van der Waals surface area contributed by atoms with Gasteiger partial charge in [-0.3, -0.25) is 4.79 Å². The van der Waals surface area contributed by atoms with Crippen molar-refractivity contribution in [2.45, 2.75) is 38.3 Å². The Morgan fingerprint density at radius 3 is 2.86 bits per heavy atom. The Hall–Kier alpha value is -1.06. The Morgan fingerprint density at radius 2 is 2.29 bits per heavy atom. The third kappa shape index (κ3) is 1.06. The summed E-state index contributed by atoms with van der Waals surface area (Å²) in [5.41, 5.74) is 0. The molecule has 2 fully saturated rings. The van der Waals surface area contributed by atoms with Gasteiger partial charge in [0.2, 0.25) is 5.91 Å². The Balaban J connectivity index is 2.08. The van der Waals surface area contributed by atoms with Crippen LogP contribution >= 0.6 is 0 Å². The van der Waals surface area contributed by atoms with Crippen molar-refractivity contribution in [3.8, 4) is 0 Å². The molecule has 2 aliphatic heterocycles. The van der Waals surface area contributed by atoms with Crippen molar-refractivity contribution in [3.05, 3.63) is 0 Å². The van der Waals surface area contributed by atoms with Crippen molar-refractivity contribution in [1.82, 2.24) is 4.90 Å². The summed E-state index contributed by atoms with van der Waals surface area (Å²) < 4.78 is 4.67. The summed E-state index contributed by atoms with van der Waals surface area (Å²) in [7, 11) is 1.37. The molecule has 3 atom stereocenters. The molecule has 2 saturated heterocycles. The summed E-state index contributed by atoms with van der Waals surface area (Å²) in [5.74, 6) is 0.0189. The molecule has 0 saturated carbocycles. The van der Waals surface area contributed by atoms with Crippen LogP contribution in [-0.2, 0) is 14.3 Å². The zero-order chi connectivity index (χ0) is 10.3. The fourth-order valence-electron chi connectivity index (χ4n) is 2.64. The van der Waals surface area contributed by atoms with Gasteiger partial charge in [0.1, 0.15) is 6.04 Å². The second-order valence-electron chi connectivity index (χ2n) is 3.94. The molecule has 0 unspecified atom stereocenters. The van der Waals surface area contributed by atoms with E-state index in [0.717, 1.165) is 19.3 Å². The van der Waals surface area contributed by atoms with Gasteiger partial charge in [-0.25, -0.2) is 4.79 Å². The van der Waals surface area contributed by atoms with Crippen molar-refractivity contribution in [3.63, 3.8) is 0 Å². The summed E-state index contributed by atoms with van der Waals surface area (Å²) in [6.45, 7) is 2.02. The van der Waals surface area contributed by atoms with Crippen LogP contribution in [0.15, 0.2) is 0 Å². The first-order valence-electron chi connectivity index (χ1n) is 5.10. The first-order chi connectivity index (χ1) is 6.70. The van der Waals surface area contributed by atoms with E-state index in [2.05, 4.69) is 4.74 Å². The van der Waals surface area contributed by atoms with Gasteiger partial charge in [0.05, 0.1) is 13.0 Å². The lowest BCUT2D eigenvalue weighted by atomic mass is 9.86. The van der Waals surface area contributed by atoms with Crippen LogP contribution in [0.3, 0.4) is 0 Å². The molecule has 78 valence electrons. The third-order valence-corrected chi connectivity index (χ3v) is 3.38. The number of amides is 1. The summed E-state index contributed by atoms with van der Waals surface area (Å²) in [4.78, 5) is 24.7. The molecule has 0 aromatic heterocycles. The van der Waals surface area contributed by atoms with Crippen molar-refractivity contribution >= 4 is 11.9 Å². The summed E-state index contributed by atoms with van der Waals surface area (Å²) >= 11 is 0. The van der Waals surface area contributed by atoms with Gasteiger partial charge in [-0.2, -0.15) is 0 Å². The molecule has 2 rings (SSSR count). The van der Waals surface area contributed by atoms with Gasteiger partial charge in [0.25, 0.3) is 0 Å². The Morgan fingerprint density at radius 1 is 1.57 bits per heavy atom. The van der Waals surface area contributed by atoms with E-state index in [4.69, 9.17) is 0 Å². The van der Waals surface area contributed by atoms with Gasteiger partial charge < -0.3 is 9.64 Å². The van der Waals surface area contributed by atoms with Crippen LogP contribution in [0.1, 0.15) is 26.2 Å². The lowest BCUT2D eigenvalue weighted by Gasteiger charge is -2.44. The smallest absolute Gasteiger partial charge is 0.328 e.